The zero-order valence-corrected chi connectivity index (χ0v) is 20.1. The number of methoxy groups -OCH3 is 4. The van der Waals surface area contributed by atoms with Crippen LogP contribution in [0.25, 0.3) is 28.2 Å². The maximum Gasteiger partial charge on any atom is 0.161 e. The van der Waals surface area contributed by atoms with Crippen LogP contribution >= 0.6 is 23.2 Å². The molecule has 170 valence electrons. The molecule has 0 bridgehead atoms. The molecule has 4 rings (SSSR count). The van der Waals surface area contributed by atoms with Crippen molar-refractivity contribution >= 4 is 23.2 Å². The van der Waals surface area contributed by atoms with Crippen LogP contribution in [0.2, 0.25) is 10.0 Å². The summed E-state index contributed by atoms with van der Waals surface area (Å²) in [6, 6.07) is 18.6. The summed E-state index contributed by atoms with van der Waals surface area (Å²) in [5.74, 6) is 2.40. The maximum absolute atomic E-state index is 6.97. The lowest BCUT2D eigenvalue weighted by molar-refractivity contribution is 0.355. The van der Waals surface area contributed by atoms with Gasteiger partial charge in [-0.2, -0.15) is 5.10 Å². The van der Waals surface area contributed by atoms with Gasteiger partial charge in [0.2, 0.25) is 0 Å². The first-order valence-corrected chi connectivity index (χ1v) is 10.8. The Labute approximate surface area is 202 Å². The predicted molar refractivity (Wildman–Crippen MR) is 131 cm³/mol. The van der Waals surface area contributed by atoms with Gasteiger partial charge in [0, 0.05) is 16.1 Å². The Balaban J connectivity index is 1.97. The number of nitrogens with zero attached hydrogens (tertiary/aromatic N) is 2. The Hall–Kier alpha value is -3.35. The van der Waals surface area contributed by atoms with E-state index >= 15 is 0 Å². The lowest BCUT2D eigenvalue weighted by Crippen LogP contribution is -2.00. The van der Waals surface area contributed by atoms with E-state index in [4.69, 9.17) is 47.2 Å². The highest BCUT2D eigenvalue weighted by atomic mass is 35.5. The average Bonchev–Trinajstić information content (AvgIpc) is 3.20. The van der Waals surface area contributed by atoms with E-state index in [1.54, 1.807) is 33.1 Å². The van der Waals surface area contributed by atoms with Crippen molar-refractivity contribution in [3.63, 3.8) is 0 Å². The summed E-state index contributed by atoms with van der Waals surface area (Å²) in [5.41, 5.74) is 3.62. The van der Waals surface area contributed by atoms with Gasteiger partial charge < -0.3 is 18.9 Å². The van der Waals surface area contributed by atoms with E-state index in [9.17, 15) is 0 Å². The van der Waals surface area contributed by atoms with Gasteiger partial charge in [-0.1, -0.05) is 29.3 Å². The largest absolute Gasteiger partial charge is 0.493 e. The van der Waals surface area contributed by atoms with Crippen molar-refractivity contribution in [2.75, 3.05) is 28.4 Å². The SMILES string of the molecule is COc1ccc(-c2nn(-c3cccc(Cl)c3)c(-c3ccc(OC)c(OC)c3)c2Cl)cc1OC. The molecule has 0 unspecified atom stereocenters. The third-order valence-electron chi connectivity index (χ3n) is 5.19. The van der Waals surface area contributed by atoms with Crippen LogP contribution in [0.1, 0.15) is 0 Å². The molecule has 6 nitrogen and oxygen atoms in total. The summed E-state index contributed by atoms with van der Waals surface area (Å²) in [6.07, 6.45) is 0. The van der Waals surface area contributed by atoms with E-state index in [1.807, 2.05) is 60.7 Å². The first-order valence-electron chi connectivity index (χ1n) is 10.00. The van der Waals surface area contributed by atoms with Gasteiger partial charge in [-0.3, -0.25) is 0 Å². The highest BCUT2D eigenvalue weighted by Crippen LogP contribution is 2.42. The zero-order chi connectivity index (χ0) is 23.5. The minimum Gasteiger partial charge on any atom is -0.493 e. The molecule has 0 atom stereocenters. The number of aromatic nitrogens is 2. The fraction of sp³-hybridized carbons (Fsp3) is 0.160. The van der Waals surface area contributed by atoms with Crippen molar-refractivity contribution in [2.24, 2.45) is 0 Å². The number of hydrogen-bond acceptors (Lipinski definition) is 5. The lowest BCUT2D eigenvalue weighted by Gasteiger charge is -2.12. The van der Waals surface area contributed by atoms with Crippen LogP contribution in [0, 0.1) is 0 Å². The summed E-state index contributed by atoms with van der Waals surface area (Å²) in [4.78, 5) is 0. The van der Waals surface area contributed by atoms with E-state index in [2.05, 4.69) is 0 Å². The Morgan fingerprint density at radius 2 is 1.24 bits per heavy atom. The first kappa shape index (κ1) is 22.8. The van der Waals surface area contributed by atoms with Crippen LogP contribution in [0.15, 0.2) is 60.7 Å². The second-order valence-corrected chi connectivity index (χ2v) is 7.86. The summed E-state index contributed by atoms with van der Waals surface area (Å²) in [7, 11) is 6.36. The number of hydrogen-bond donors (Lipinski definition) is 0. The van der Waals surface area contributed by atoms with Crippen molar-refractivity contribution in [1.29, 1.82) is 0 Å². The number of rotatable bonds is 7. The molecule has 4 aromatic rings. The third-order valence-corrected chi connectivity index (χ3v) is 5.79. The van der Waals surface area contributed by atoms with Crippen molar-refractivity contribution in [1.82, 2.24) is 9.78 Å². The van der Waals surface area contributed by atoms with Crippen molar-refractivity contribution in [3.05, 3.63) is 70.7 Å². The molecule has 0 fully saturated rings. The third kappa shape index (κ3) is 4.32. The van der Waals surface area contributed by atoms with E-state index in [0.29, 0.717) is 44.4 Å². The molecule has 0 saturated carbocycles. The van der Waals surface area contributed by atoms with Gasteiger partial charge in [0.05, 0.1) is 44.8 Å². The fourth-order valence-electron chi connectivity index (χ4n) is 3.59. The minimum absolute atomic E-state index is 0.467. The molecule has 0 aliphatic heterocycles. The standard InChI is InChI=1S/C25H22Cl2N2O4/c1-30-19-10-8-15(12-21(19)32-3)24-23(27)25(16-9-11-20(31-2)22(13-16)33-4)29(28-24)18-7-5-6-17(26)14-18/h5-14H,1-4H3. The van der Waals surface area contributed by atoms with E-state index in [1.165, 1.54) is 0 Å². The molecule has 0 amide bonds. The van der Waals surface area contributed by atoms with Crippen molar-refractivity contribution < 1.29 is 18.9 Å². The molecular weight excluding hydrogens is 463 g/mol. The fourth-order valence-corrected chi connectivity index (χ4v) is 4.11. The highest BCUT2D eigenvalue weighted by Gasteiger charge is 2.22. The summed E-state index contributed by atoms with van der Waals surface area (Å²) >= 11 is 13.2. The van der Waals surface area contributed by atoms with Crippen LogP contribution in [0.3, 0.4) is 0 Å². The monoisotopic (exact) mass is 484 g/mol. The summed E-state index contributed by atoms with van der Waals surface area (Å²) in [6.45, 7) is 0. The van der Waals surface area contributed by atoms with Crippen LogP contribution < -0.4 is 18.9 Å². The molecular formula is C25H22Cl2N2O4. The molecule has 0 spiro atoms. The van der Waals surface area contributed by atoms with E-state index in [0.717, 1.165) is 16.8 Å². The van der Waals surface area contributed by atoms with E-state index in [-0.39, 0.29) is 0 Å². The highest BCUT2D eigenvalue weighted by molar-refractivity contribution is 6.35. The maximum atomic E-state index is 6.97. The Kier molecular flexibility index (Phi) is 6.67. The predicted octanol–water partition coefficient (Wildman–Crippen LogP) is 6.55. The molecule has 3 aromatic carbocycles. The van der Waals surface area contributed by atoms with Gasteiger partial charge in [-0.15, -0.1) is 0 Å². The normalized spacial score (nSPS) is 10.7. The summed E-state index contributed by atoms with van der Waals surface area (Å²) < 4.78 is 23.5. The van der Waals surface area contributed by atoms with Crippen LogP contribution in [-0.2, 0) is 0 Å². The number of benzene rings is 3. The Bertz CT molecular complexity index is 1300. The average molecular weight is 485 g/mol. The first-order chi connectivity index (χ1) is 16.0. The quantitative estimate of drug-likeness (QED) is 0.297. The van der Waals surface area contributed by atoms with Gasteiger partial charge in [0.25, 0.3) is 0 Å². The molecule has 1 heterocycles. The topological polar surface area (TPSA) is 54.7 Å². The molecule has 1 aromatic heterocycles. The van der Waals surface area contributed by atoms with Crippen LogP contribution in [0.5, 0.6) is 23.0 Å². The smallest absolute Gasteiger partial charge is 0.161 e. The van der Waals surface area contributed by atoms with Crippen LogP contribution in [0.4, 0.5) is 0 Å². The number of halogens is 2. The minimum atomic E-state index is 0.467. The Morgan fingerprint density at radius 3 is 1.82 bits per heavy atom. The van der Waals surface area contributed by atoms with Gasteiger partial charge in [-0.05, 0) is 54.6 Å². The molecule has 0 aliphatic carbocycles. The zero-order valence-electron chi connectivity index (χ0n) is 18.6. The second kappa shape index (κ2) is 9.65. The van der Waals surface area contributed by atoms with Gasteiger partial charge in [-0.25, -0.2) is 4.68 Å². The molecule has 0 aliphatic rings. The van der Waals surface area contributed by atoms with Gasteiger partial charge in [0.15, 0.2) is 23.0 Å². The van der Waals surface area contributed by atoms with E-state index < -0.39 is 0 Å². The number of ether oxygens (including phenoxy) is 4. The van der Waals surface area contributed by atoms with Gasteiger partial charge in [0.1, 0.15) is 5.69 Å². The van der Waals surface area contributed by atoms with Crippen molar-refractivity contribution in [2.45, 2.75) is 0 Å². The molecule has 8 heteroatoms. The second-order valence-electron chi connectivity index (χ2n) is 7.04. The van der Waals surface area contributed by atoms with Crippen molar-refractivity contribution in [3.8, 4) is 51.2 Å². The Morgan fingerprint density at radius 1 is 0.667 bits per heavy atom. The lowest BCUT2D eigenvalue weighted by atomic mass is 10.1. The molecule has 0 saturated heterocycles. The molecule has 0 N–H and O–H groups in total. The summed E-state index contributed by atoms with van der Waals surface area (Å²) in [5, 5.41) is 5.91. The van der Waals surface area contributed by atoms with Crippen LogP contribution in [-0.4, -0.2) is 38.2 Å². The molecule has 33 heavy (non-hydrogen) atoms. The molecule has 0 radical (unpaired) electrons. The van der Waals surface area contributed by atoms with Gasteiger partial charge >= 0.3 is 0 Å².